The van der Waals surface area contributed by atoms with Crippen molar-refractivity contribution < 1.29 is 19.2 Å². The van der Waals surface area contributed by atoms with Gasteiger partial charge in [-0.15, -0.1) is 0 Å². The highest BCUT2D eigenvalue weighted by Crippen LogP contribution is 2.27. The van der Waals surface area contributed by atoms with Crippen LogP contribution in [0.15, 0.2) is 42.6 Å². The lowest BCUT2D eigenvalue weighted by molar-refractivity contribution is -0.385. The van der Waals surface area contributed by atoms with Gasteiger partial charge in [0.1, 0.15) is 17.6 Å². The minimum atomic E-state index is -0.552. The number of nitrogens with zero attached hydrogens (tertiary/aromatic N) is 4. The molecule has 0 aliphatic rings. The molecular weight excluding hydrogens is 466 g/mol. The number of carbonyl (C=O) groups is 2. The molecule has 2 heterocycles. The number of esters is 1. The molecule has 0 aliphatic heterocycles. The third-order valence-corrected chi connectivity index (χ3v) is 5.14. The predicted octanol–water partition coefficient (Wildman–Crippen LogP) is 3.20. The summed E-state index contributed by atoms with van der Waals surface area (Å²) in [5.41, 5.74) is 7.44. The summed E-state index contributed by atoms with van der Waals surface area (Å²) in [6.45, 7) is 4.89. The van der Waals surface area contributed by atoms with Crippen LogP contribution in [0.3, 0.4) is 0 Å². The number of hydrogen-bond donors (Lipinski definition) is 3. The van der Waals surface area contributed by atoms with Crippen LogP contribution in [0, 0.1) is 10.1 Å². The maximum absolute atomic E-state index is 12.7. The number of nitrogens with two attached hydrogens (primary N) is 1. The Morgan fingerprint density at radius 1 is 1.06 bits per heavy atom. The first-order valence-electron chi connectivity index (χ1n) is 11.4. The number of hydrogen-bond acceptors (Lipinski definition) is 10. The van der Waals surface area contributed by atoms with Crippen LogP contribution in [0.25, 0.3) is 11.3 Å². The number of amides is 1. The number of carbonyl (C=O) groups excluding carboxylic acids is 2. The van der Waals surface area contributed by atoms with Gasteiger partial charge in [0.05, 0.1) is 22.9 Å². The molecule has 4 N–H and O–H groups in total. The second kappa shape index (κ2) is 12.2. The Balaban J connectivity index is 1.75. The largest absolute Gasteiger partial charge is 0.462 e. The van der Waals surface area contributed by atoms with Crippen molar-refractivity contribution in [3.8, 4) is 11.3 Å². The van der Waals surface area contributed by atoms with E-state index >= 15 is 0 Å². The Labute approximate surface area is 207 Å². The first kappa shape index (κ1) is 26.0. The van der Waals surface area contributed by atoms with Crippen LogP contribution in [0.5, 0.6) is 0 Å². The fraction of sp³-hybridized carbons (Fsp3) is 0.292. The summed E-state index contributed by atoms with van der Waals surface area (Å²) in [5.74, 6) is -0.188. The predicted molar refractivity (Wildman–Crippen MR) is 134 cm³/mol. The van der Waals surface area contributed by atoms with Crippen LogP contribution in [0.1, 0.15) is 46.7 Å². The standard InChI is InChI=1S/C24H27N7O5/c1-3-18-20(23(33)36-4-2)21(15-6-8-16(9-7-15)22(25)32)30-24(29-18)27-13-5-12-26-19-11-10-17(14-28-19)31(34)35/h6-11,14H,3-5,12-13H2,1-2H3,(H2,25,32)(H,26,28)(H,27,29,30). The van der Waals surface area contributed by atoms with Gasteiger partial charge in [-0.3, -0.25) is 14.9 Å². The molecule has 0 unspecified atom stereocenters. The summed E-state index contributed by atoms with van der Waals surface area (Å²) in [6.07, 6.45) is 2.35. The van der Waals surface area contributed by atoms with Crippen molar-refractivity contribution in [1.29, 1.82) is 0 Å². The third kappa shape index (κ3) is 6.50. The fourth-order valence-electron chi connectivity index (χ4n) is 3.36. The highest BCUT2D eigenvalue weighted by molar-refractivity contribution is 5.98. The molecular formula is C24H27N7O5. The molecule has 0 saturated heterocycles. The Hall–Kier alpha value is -4.61. The second-order valence-corrected chi connectivity index (χ2v) is 7.60. The quantitative estimate of drug-likeness (QED) is 0.147. The molecule has 3 rings (SSSR count). The molecule has 0 radical (unpaired) electrons. The number of aryl methyl sites for hydroxylation is 1. The van der Waals surface area contributed by atoms with E-state index in [-0.39, 0.29) is 17.9 Å². The van der Waals surface area contributed by atoms with Crippen molar-refractivity contribution in [2.24, 2.45) is 5.73 Å². The number of primary amides is 1. The molecule has 2 aromatic heterocycles. The van der Waals surface area contributed by atoms with Crippen molar-refractivity contribution in [3.05, 3.63) is 69.5 Å². The summed E-state index contributed by atoms with van der Waals surface area (Å²) in [7, 11) is 0. The molecule has 3 aromatic rings. The summed E-state index contributed by atoms with van der Waals surface area (Å²) < 4.78 is 5.25. The van der Waals surface area contributed by atoms with Crippen molar-refractivity contribution in [1.82, 2.24) is 15.0 Å². The minimum Gasteiger partial charge on any atom is -0.462 e. The van der Waals surface area contributed by atoms with E-state index in [0.29, 0.717) is 60.2 Å². The number of nitrogens with one attached hydrogen (secondary N) is 2. The highest BCUT2D eigenvalue weighted by atomic mass is 16.6. The topological polar surface area (TPSA) is 175 Å². The van der Waals surface area contributed by atoms with Gasteiger partial charge >= 0.3 is 5.97 Å². The maximum atomic E-state index is 12.7. The summed E-state index contributed by atoms with van der Waals surface area (Å²) in [4.78, 5) is 47.5. The van der Waals surface area contributed by atoms with Crippen LogP contribution in [0.2, 0.25) is 0 Å². The van der Waals surface area contributed by atoms with Crippen LogP contribution >= 0.6 is 0 Å². The van der Waals surface area contributed by atoms with Gasteiger partial charge in [-0.25, -0.2) is 19.7 Å². The zero-order valence-corrected chi connectivity index (χ0v) is 20.0. The van der Waals surface area contributed by atoms with Crippen molar-refractivity contribution in [3.63, 3.8) is 0 Å². The zero-order chi connectivity index (χ0) is 26.1. The van der Waals surface area contributed by atoms with Gasteiger partial charge in [-0.05, 0) is 38.0 Å². The first-order chi connectivity index (χ1) is 17.3. The molecule has 36 heavy (non-hydrogen) atoms. The van der Waals surface area contributed by atoms with Gasteiger partial charge in [0.2, 0.25) is 11.9 Å². The second-order valence-electron chi connectivity index (χ2n) is 7.60. The Morgan fingerprint density at radius 2 is 1.78 bits per heavy atom. The van der Waals surface area contributed by atoms with Crippen molar-refractivity contribution in [2.45, 2.75) is 26.7 Å². The minimum absolute atomic E-state index is 0.0718. The Kier molecular flexibility index (Phi) is 8.81. The SMILES string of the molecule is CCOC(=O)c1c(CC)nc(NCCCNc2ccc([N+](=O)[O-])cn2)nc1-c1ccc(C(N)=O)cc1. The molecule has 0 spiro atoms. The van der Waals surface area contributed by atoms with Gasteiger partial charge in [-0.1, -0.05) is 19.1 Å². The van der Waals surface area contributed by atoms with Gasteiger partial charge in [0.25, 0.3) is 5.69 Å². The highest BCUT2D eigenvalue weighted by Gasteiger charge is 2.22. The number of rotatable bonds is 12. The van der Waals surface area contributed by atoms with Gasteiger partial charge in [0, 0.05) is 30.3 Å². The summed E-state index contributed by atoms with van der Waals surface area (Å²) >= 11 is 0. The molecule has 0 aliphatic carbocycles. The number of benzene rings is 1. The van der Waals surface area contributed by atoms with Crippen molar-refractivity contribution >= 4 is 29.3 Å². The number of anilines is 2. The molecule has 0 fully saturated rings. The monoisotopic (exact) mass is 493 g/mol. The van der Waals surface area contributed by atoms with Crippen molar-refractivity contribution in [2.75, 3.05) is 30.3 Å². The van der Waals surface area contributed by atoms with Gasteiger partial charge < -0.3 is 21.1 Å². The average molecular weight is 494 g/mol. The van der Waals surface area contributed by atoms with E-state index in [2.05, 4.69) is 25.6 Å². The molecule has 0 bridgehead atoms. The lowest BCUT2D eigenvalue weighted by Gasteiger charge is -2.15. The summed E-state index contributed by atoms with van der Waals surface area (Å²) in [6, 6.07) is 9.43. The average Bonchev–Trinajstić information content (AvgIpc) is 2.88. The normalized spacial score (nSPS) is 10.5. The third-order valence-electron chi connectivity index (χ3n) is 5.14. The van der Waals surface area contributed by atoms with Crippen LogP contribution < -0.4 is 16.4 Å². The number of aromatic nitrogens is 3. The Morgan fingerprint density at radius 3 is 2.36 bits per heavy atom. The lowest BCUT2D eigenvalue weighted by Crippen LogP contribution is -2.17. The van der Waals surface area contributed by atoms with E-state index < -0.39 is 16.8 Å². The van der Waals surface area contributed by atoms with E-state index in [1.54, 1.807) is 37.3 Å². The number of ether oxygens (including phenoxy) is 1. The number of pyridine rings is 1. The number of nitro groups is 1. The van der Waals surface area contributed by atoms with Crippen LogP contribution in [0.4, 0.5) is 17.5 Å². The van der Waals surface area contributed by atoms with E-state index in [0.717, 1.165) is 0 Å². The van der Waals surface area contributed by atoms with Crippen LogP contribution in [-0.2, 0) is 11.2 Å². The van der Waals surface area contributed by atoms with E-state index in [1.807, 2.05) is 6.92 Å². The van der Waals surface area contributed by atoms with Crippen LogP contribution in [-0.4, -0.2) is 51.4 Å². The fourth-order valence-corrected chi connectivity index (χ4v) is 3.36. The smallest absolute Gasteiger partial charge is 0.342 e. The lowest BCUT2D eigenvalue weighted by atomic mass is 10.0. The molecule has 12 heteroatoms. The maximum Gasteiger partial charge on any atom is 0.342 e. The van der Waals surface area contributed by atoms with E-state index in [9.17, 15) is 19.7 Å². The summed E-state index contributed by atoms with van der Waals surface area (Å²) in [5, 5.41) is 17.0. The molecule has 12 nitrogen and oxygen atoms in total. The van der Waals surface area contributed by atoms with Gasteiger partial charge in [-0.2, -0.15) is 0 Å². The Bertz CT molecular complexity index is 1230. The molecule has 0 atom stereocenters. The first-order valence-corrected chi connectivity index (χ1v) is 11.4. The van der Waals surface area contributed by atoms with E-state index in [4.69, 9.17) is 10.5 Å². The molecule has 1 aromatic carbocycles. The molecule has 0 saturated carbocycles. The van der Waals surface area contributed by atoms with E-state index in [1.165, 1.54) is 12.3 Å². The molecule has 1 amide bonds. The molecule has 188 valence electrons. The van der Waals surface area contributed by atoms with Gasteiger partial charge in [0.15, 0.2) is 0 Å². The zero-order valence-electron chi connectivity index (χ0n) is 20.0.